The number of hydrogen-bond acceptors (Lipinski definition) is 3. The van der Waals surface area contributed by atoms with E-state index < -0.39 is 0 Å². The molecule has 4 nitrogen and oxygen atoms in total. The van der Waals surface area contributed by atoms with Gasteiger partial charge in [0.1, 0.15) is 5.69 Å². The Morgan fingerprint density at radius 2 is 1.80 bits per heavy atom. The molecule has 1 N–H and O–H groups in total. The van der Waals surface area contributed by atoms with Gasteiger partial charge in [0.15, 0.2) is 0 Å². The second-order valence-corrected chi connectivity index (χ2v) is 3.42. The van der Waals surface area contributed by atoms with Crippen LogP contribution in [0.5, 0.6) is 0 Å². The van der Waals surface area contributed by atoms with Crippen LogP contribution in [-0.2, 0) is 0 Å². The zero-order chi connectivity index (χ0) is 10.7. The molecule has 2 rings (SSSR count). The van der Waals surface area contributed by atoms with E-state index in [1.807, 2.05) is 38.1 Å². The molecule has 15 heavy (non-hydrogen) atoms. The van der Waals surface area contributed by atoms with Crippen molar-refractivity contribution in [1.29, 1.82) is 0 Å². The van der Waals surface area contributed by atoms with Crippen LogP contribution in [0.15, 0.2) is 40.7 Å². The lowest BCUT2D eigenvalue weighted by molar-refractivity contribution is 1.05. The molecule has 0 aliphatic carbocycles. The first-order chi connectivity index (χ1) is 7.25. The monoisotopic (exact) mass is 200 g/mol. The fraction of sp³-hybridized carbons (Fsp3) is 0.182. The largest absolute Gasteiger partial charge is 0.281 e. The first-order valence-corrected chi connectivity index (χ1v) is 4.74. The molecular formula is C11H12N4. The molecule has 4 heteroatoms. The van der Waals surface area contributed by atoms with Gasteiger partial charge in [0.05, 0.1) is 17.6 Å². The van der Waals surface area contributed by atoms with Gasteiger partial charge < -0.3 is 0 Å². The van der Waals surface area contributed by atoms with E-state index in [9.17, 15) is 0 Å². The van der Waals surface area contributed by atoms with Gasteiger partial charge in [-0.1, -0.05) is 17.7 Å². The average Bonchev–Trinajstić information content (AvgIpc) is 2.63. The average molecular weight is 200 g/mol. The van der Waals surface area contributed by atoms with E-state index in [1.54, 1.807) is 6.20 Å². The normalized spacial score (nSPS) is 11.1. The summed E-state index contributed by atoms with van der Waals surface area (Å²) in [5.74, 6) is 0. The van der Waals surface area contributed by atoms with Crippen molar-refractivity contribution in [2.45, 2.75) is 13.8 Å². The van der Waals surface area contributed by atoms with Crippen LogP contribution in [0.3, 0.4) is 0 Å². The van der Waals surface area contributed by atoms with E-state index in [-0.39, 0.29) is 0 Å². The molecule has 0 saturated carbocycles. The first-order valence-electron chi connectivity index (χ1n) is 4.74. The minimum absolute atomic E-state index is 0.774. The van der Waals surface area contributed by atoms with E-state index in [4.69, 9.17) is 0 Å². The maximum atomic E-state index is 4.12. The van der Waals surface area contributed by atoms with Crippen molar-refractivity contribution >= 4 is 11.4 Å². The van der Waals surface area contributed by atoms with Gasteiger partial charge in [-0.15, -0.1) is 5.11 Å². The molecule has 0 bridgehead atoms. The minimum atomic E-state index is 0.774. The Balaban J connectivity index is 2.19. The number of hydrogen-bond donors (Lipinski definition) is 1. The number of azo groups is 1. The van der Waals surface area contributed by atoms with Crippen molar-refractivity contribution in [3.63, 3.8) is 0 Å². The summed E-state index contributed by atoms with van der Waals surface area (Å²) < 4.78 is 0. The lowest BCUT2D eigenvalue weighted by atomic mass is 10.2. The lowest BCUT2D eigenvalue weighted by Gasteiger charge is -1.93. The zero-order valence-corrected chi connectivity index (χ0v) is 8.73. The second-order valence-electron chi connectivity index (χ2n) is 3.42. The van der Waals surface area contributed by atoms with E-state index in [1.165, 1.54) is 5.56 Å². The van der Waals surface area contributed by atoms with Gasteiger partial charge in [0, 0.05) is 0 Å². The maximum absolute atomic E-state index is 4.12. The number of H-pyrrole nitrogens is 1. The van der Waals surface area contributed by atoms with Crippen molar-refractivity contribution in [2.24, 2.45) is 10.2 Å². The Hall–Kier alpha value is -1.97. The van der Waals surface area contributed by atoms with Crippen LogP contribution >= 0.6 is 0 Å². The standard InChI is InChI=1S/C11H12N4/c1-8-3-5-10(6-4-8)14-15-11-7-12-13-9(11)2/h3-7H,1-2H3,(H,12,13). The molecule has 0 aliphatic rings. The molecule has 0 unspecified atom stereocenters. The molecule has 0 fully saturated rings. The van der Waals surface area contributed by atoms with Crippen LogP contribution in [0.25, 0.3) is 0 Å². The topological polar surface area (TPSA) is 53.4 Å². The van der Waals surface area contributed by atoms with Gasteiger partial charge in [-0.3, -0.25) is 5.10 Å². The van der Waals surface area contributed by atoms with E-state index in [2.05, 4.69) is 20.4 Å². The van der Waals surface area contributed by atoms with Gasteiger partial charge >= 0.3 is 0 Å². The maximum Gasteiger partial charge on any atom is 0.126 e. The second kappa shape index (κ2) is 4.04. The molecule has 1 aromatic carbocycles. The van der Waals surface area contributed by atoms with E-state index in [0.717, 1.165) is 17.1 Å². The predicted octanol–water partition coefficient (Wildman–Crippen LogP) is 3.44. The van der Waals surface area contributed by atoms with Crippen molar-refractivity contribution in [1.82, 2.24) is 10.2 Å². The Bertz CT molecular complexity index is 468. The summed E-state index contributed by atoms with van der Waals surface area (Å²) in [7, 11) is 0. The lowest BCUT2D eigenvalue weighted by Crippen LogP contribution is -1.69. The Labute approximate surface area is 88.1 Å². The molecule has 1 aromatic heterocycles. The van der Waals surface area contributed by atoms with Gasteiger partial charge in [0.2, 0.25) is 0 Å². The van der Waals surface area contributed by atoms with Crippen molar-refractivity contribution in [2.75, 3.05) is 0 Å². The van der Waals surface area contributed by atoms with Crippen molar-refractivity contribution in [3.05, 3.63) is 41.7 Å². The molecule has 0 amide bonds. The van der Waals surface area contributed by atoms with Crippen LogP contribution in [0.4, 0.5) is 11.4 Å². The molecule has 0 spiro atoms. The quantitative estimate of drug-likeness (QED) is 0.741. The fourth-order valence-corrected chi connectivity index (χ4v) is 1.17. The van der Waals surface area contributed by atoms with Crippen molar-refractivity contribution in [3.8, 4) is 0 Å². The van der Waals surface area contributed by atoms with Crippen LogP contribution in [-0.4, -0.2) is 10.2 Å². The Morgan fingerprint density at radius 3 is 2.40 bits per heavy atom. The van der Waals surface area contributed by atoms with Crippen molar-refractivity contribution < 1.29 is 0 Å². The highest BCUT2D eigenvalue weighted by Crippen LogP contribution is 2.19. The molecule has 0 saturated heterocycles. The molecule has 1 heterocycles. The number of aryl methyl sites for hydroxylation is 2. The predicted molar refractivity (Wildman–Crippen MR) is 58.7 cm³/mol. The summed E-state index contributed by atoms with van der Waals surface area (Å²) in [4.78, 5) is 0. The third-order valence-corrected chi connectivity index (χ3v) is 2.11. The van der Waals surface area contributed by atoms with Crippen LogP contribution in [0.2, 0.25) is 0 Å². The van der Waals surface area contributed by atoms with Crippen LogP contribution in [0, 0.1) is 13.8 Å². The van der Waals surface area contributed by atoms with Crippen LogP contribution in [0.1, 0.15) is 11.3 Å². The third kappa shape index (κ3) is 2.28. The molecular weight excluding hydrogens is 188 g/mol. The number of benzene rings is 1. The summed E-state index contributed by atoms with van der Waals surface area (Å²) in [5.41, 5.74) is 3.76. The fourth-order valence-electron chi connectivity index (χ4n) is 1.17. The summed E-state index contributed by atoms with van der Waals surface area (Å²) >= 11 is 0. The number of rotatable bonds is 2. The summed E-state index contributed by atoms with van der Waals surface area (Å²) in [6.45, 7) is 3.96. The van der Waals surface area contributed by atoms with Gasteiger partial charge in [0.25, 0.3) is 0 Å². The Kier molecular flexibility index (Phi) is 2.58. The number of nitrogens with zero attached hydrogens (tertiary/aromatic N) is 3. The molecule has 2 aromatic rings. The highest BCUT2D eigenvalue weighted by atomic mass is 15.2. The SMILES string of the molecule is Cc1ccc(N=Nc2cn[nH]c2C)cc1. The highest BCUT2D eigenvalue weighted by molar-refractivity contribution is 5.41. The molecule has 76 valence electrons. The molecule has 0 aliphatic heterocycles. The van der Waals surface area contributed by atoms with E-state index >= 15 is 0 Å². The highest BCUT2D eigenvalue weighted by Gasteiger charge is 1.96. The summed E-state index contributed by atoms with van der Waals surface area (Å²) in [6.07, 6.45) is 1.66. The first kappa shape index (κ1) is 9.58. The summed E-state index contributed by atoms with van der Waals surface area (Å²) in [5, 5.41) is 14.9. The van der Waals surface area contributed by atoms with Crippen LogP contribution < -0.4 is 0 Å². The van der Waals surface area contributed by atoms with E-state index in [0.29, 0.717) is 0 Å². The Morgan fingerprint density at radius 1 is 1.07 bits per heavy atom. The van der Waals surface area contributed by atoms with Gasteiger partial charge in [-0.2, -0.15) is 10.2 Å². The van der Waals surface area contributed by atoms with Gasteiger partial charge in [-0.05, 0) is 26.0 Å². The zero-order valence-electron chi connectivity index (χ0n) is 8.73. The third-order valence-electron chi connectivity index (χ3n) is 2.11. The van der Waals surface area contributed by atoms with Gasteiger partial charge in [-0.25, -0.2) is 0 Å². The number of nitrogens with one attached hydrogen (secondary N) is 1. The molecule has 0 radical (unpaired) electrons. The smallest absolute Gasteiger partial charge is 0.126 e. The summed E-state index contributed by atoms with van der Waals surface area (Å²) in [6, 6.07) is 7.90. The minimum Gasteiger partial charge on any atom is -0.281 e. The number of aromatic nitrogens is 2. The number of aromatic amines is 1. The molecule has 0 atom stereocenters.